The minimum Gasteiger partial charge on any atom is -0.387 e. The van der Waals surface area contributed by atoms with E-state index in [9.17, 15) is 9.90 Å². The van der Waals surface area contributed by atoms with Crippen molar-refractivity contribution in [1.82, 2.24) is 9.88 Å². The molecule has 0 fully saturated rings. The molecular formula is C13H22N2O2. The van der Waals surface area contributed by atoms with Gasteiger partial charge < -0.3 is 15.0 Å². The van der Waals surface area contributed by atoms with Crippen molar-refractivity contribution in [2.45, 2.75) is 52.3 Å². The molecule has 4 heteroatoms. The van der Waals surface area contributed by atoms with Crippen LogP contribution < -0.4 is 5.32 Å². The summed E-state index contributed by atoms with van der Waals surface area (Å²) < 4.78 is 1.78. The van der Waals surface area contributed by atoms with Crippen LogP contribution in [0.1, 0.15) is 45.4 Å². The molecule has 0 bridgehead atoms. The minimum atomic E-state index is -0.550. The highest BCUT2D eigenvalue weighted by Crippen LogP contribution is 2.12. The van der Waals surface area contributed by atoms with Gasteiger partial charge in [0.25, 0.3) is 0 Å². The molecule has 17 heavy (non-hydrogen) atoms. The van der Waals surface area contributed by atoms with E-state index in [1.54, 1.807) is 11.5 Å². The molecular weight excluding hydrogens is 216 g/mol. The lowest BCUT2D eigenvalue weighted by molar-refractivity contribution is -0.122. The Morgan fingerprint density at radius 2 is 2.12 bits per heavy atom. The van der Waals surface area contributed by atoms with Crippen LogP contribution in [-0.2, 0) is 11.3 Å². The standard InChI is InChI=1S/C13H22N2O2/c1-4-11(5-2)14-13(17)9-15-8-6-7-12(15)10(3)16/h6-8,10-11,16H,4-5,9H2,1-3H3,(H,14,17). The zero-order valence-corrected chi connectivity index (χ0v) is 10.8. The van der Waals surface area contributed by atoms with E-state index in [1.807, 2.05) is 18.3 Å². The van der Waals surface area contributed by atoms with Crippen LogP contribution in [0.4, 0.5) is 0 Å². The van der Waals surface area contributed by atoms with Crippen LogP contribution in [-0.4, -0.2) is 21.6 Å². The molecule has 0 radical (unpaired) electrons. The smallest absolute Gasteiger partial charge is 0.240 e. The molecule has 0 saturated carbocycles. The van der Waals surface area contributed by atoms with Gasteiger partial charge in [-0.2, -0.15) is 0 Å². The lowest BCUT2D eigenvalue weighted by Crippen LogP contribution is -2.36. The number of carbonyl (C=O) groups is 1. The van der Waals surface area contributed by atoms with Gasteiger partial charge in [0, 0.05) is 17.9 Å². The quantitative estimate of drug-likeness (QED) is 0.794. The summed E-state index contributed by atoms with van der Waals surface area (Å²) >= 11 is 0. The Hall–Kier alpha value is -1.29. The van der Waals surface area contributed by atoms with Crippen molar-refractivity contribution >= 4 is 5.91 Å². The van der Waals surface area contributed by atoms with Crippen molar-refractivity contribution < 1.29 is 9.90 Å². The number of rotatable bonds is 6. The Labute approximate surface area is 103 Å². The highest BCUT2D eigenvalue weighted by atomic mass is 16.3. The van der Waals surface area contributed by atoms with Gasteiger partial charge in [0.15, 0.2) is 0 Å². The summed E-state index contributed by atoms with van der Waals surface area (Å²) in [6, 6.07) is 3.91. The van der Waals surface area contributed by atoms with Crippen LogP contribution >= 0.6 is 0 Å². The average molecular weight is 238 g/mol. The van der Waals surface area contributed by atoms with Gasteiger partial charge in [-0.1, -0.05) is 13.8 Å². The number of aliphatic hydroxyl groups is 1. The molecule has 1 rings (SSSR count). The van der Waals surface area contributed by atoms with E-state index in [4.69, 9.17) is 0 Å². The van der Waals surface area contributed by atoms with Crippen LogP contribution in [0.3, 0.4) is 0 Å². The van der Waals surface area contributed by atoms with E-state index >= 15 is 0 Å². The molecule has 0 aliphatic carbocycles. The number of aromatic nitrogens is 1. The number of hydrogen-bond donors (Lipinski definition) is 2. The third-order valence-corrected chi connectivity index (χ3v) is 2.96. The second kappa shape index (κ2) is 6.45. The van der Waals surface area contributed by atoms with E-state index < -0.39 is 6.10 Å². The van der Waals surface area contributed by atoms with Crippen LogP contribution in [0.5, 0.6) is 0 Å². The normalized spacial score (nSPS) is 12.8. The maximum absolute atomic E-state index is 11.8. The zero-order chi connectivity index (χ0) is 12.8. The maximum Gasteiger partial charge on any atom is 0.240 e. The van der Waals surface area contributed by atoms with Crippen molar-refractivity contribution in [2.75, 3.05) is 0 Å². The molecule has 0 saturated heterocycles. The third-order valence-electron chi connectivity index (χ3n) is 2.96. The number of nitrogens with zero attached hydrogens (tertiary/aromatic N) is 1. The Balaban J connectivity index is 2.59. The maximum atomic E-state index is 11.8. The number of nitrogens with one attached hydrogen (secondary N) is 1. The van der Waals surface area contributed by atoms with Crippen molar-refractivity contribution in [3.05, 3.63) is 24.0 Å². The lowest BCUT2D eigenvalue weighted by Gasteiger charge is -2.16. The molecule has 0 spiro atoms. The summed E-state index contributed by atoms with van der Waals surface area (Å²) in [6.45, 7) is 6.09. The largest absolute Gasteiger partial charge is 0.387 e. The van der Waals surface area contributed by atoms with Crippen molar-refractivity contribution in [3.63, 3.8) is 0 Å². The van der Waals surface area contributed by atoms with Crippen molar-refractivity contribution in [3.8, 4) is 0 Å². The summed E-state index contributed by atoms with van der Waals surface area (Å²) in [7, 11) is 0. The Kier molecular flexibility index (Phi) is 5.22. The van der Waals surface area contributed by atoms with Gasteiger partial charge in [0.05, 0.1) is 6.10 Å². The molecule has 1 amide bonds. The predicted octanol–water partition coefficient (Wildman–Crippen LogP) is 1.85. The fourth-order valence-electron chi connectivity index (χ4n) is 1.87. The van der Waals surface area contributed by atoms with E-state index in [1.165, 1.54) is 0 Å². The number of carbonyl (C=O) groups excluding carboxylic acids is 1. The summed E-state index contributed by atoms with van der Waals surface area (Å²) in [4.78, 5) is 11.8. The average Bonchev–Trinajstić information content (AvgIpc) is 2.74. The SMILES string of the molecule is CCC(CC)NC(=O)Cn1cccc1C(C)O. The number of amides is 1. The number of aliphatic hydroxyl groups excluding tert-OH is 1. The molecule has 96 valence electrons. The molecule has 0 aliphatic heterocycles. The summed E-state index contributed by atoms with van der Waals surface area (Å²) in [5.74, 6) is -0.00296. The van der Waals surface area contributed by atoms with Crippen LogP contribution in [0, 0.1) is 0 Å². The van der Waals surface area contributed by atoms with Crippen LogP contribution in [0.2, 0.25) is 0 Å². The fourth-order valence-corrected chi connectivity index (χ4v) is 1.87. The van der Waals surface area contributed by atoms with Crippen LogP contribution in [0.25, 0.3) is 0 Å². The molecule has 1 aromatic heterocycles. The van der Waals surface area contributed by atoms with E-state index in [2.05, 4.69) is 19.2 Å². The first kappa shape index (κ1) is 13.8. The molecule has 1 heterocycles. The lowest BCUT2D eigenvalue weighted by atomic mass is 10.2. The molecule has 1 unspecified atom stereocenters. The third kappa shape index (κ3) is 3.89. The highest BCUT2D eigenvalue weighted by molar-refractivity contribution is 5.76. The minimum absolute atomic E-state index is 0.00296. The van der Waals surface area contributed by atoms with Gasteiger partial charge in [-0.25, -0.2) is 0 Å². The first-order valence-electron chi connectivity index (χ1n) is 6.20. The molecule has 0 aromatic carbocycles. The fraction of sp³-hybridized carbons (Fsp3) is 0.615. The van der Waals surface area contributed by atoms with Crippen molar-refractivity contribution in [2.24, 2.45) is 0 Å². The zero-order valence-electron chi connectivity index (χ0n) is 10.8. The summed E-state index contributed by atoms with van der Waals surface area (Å²) in [5.41, 5.74) is 0.768. The van der Waals surface area contributed by atoms with Gasteiger partial charge >= 0.3 is 0 Å². The van der Waals surface area contributed by atoms with Gasteiger partial charge in [0.1, 0.15) is 6.54 Å². The first-order valence-corrected chi connectivity index (χ1v) is 6.20. The topological polar surface area (TPSA) is 54.3 Å². The predicted molar refractivity (Wildman–Crippen MR) is 67.6 cm³/mol. The molecule has 0 aliphatic rings. The molecule has 1 aromatic rings. The second-order valence-corrected chi connectivity index (χ2v) is 4.32. The number of hydrogen-bond acceptors (Lipinski definition) is 2. The molecule has 4 nitrogen and oxygen atoms in total. The van der Waals surface area contributed by atoms with Gasteiger partial charge in [-0.3, -0.25) is 4.79 Å². The van der Waals surface area contributed by atoms with Crippen LogP contribution in [0.15, 0.2) is 18.3 Å². The van der Waals surface area contributed by atoms with E-state index in [0.717, 1.165) is 18.5 Å². The second-order valence-electron chi connectivity index (χ2n) is 4.32. The molecule has 2 N–H and O–H groups in total. The van der Waals surface area contributed by atoms with Gasteiger partial charge in [-0.05, 0) is 31.9 Å². The first-order chi connectivity index (χ1) is 8.08. The summed E-state index contributed by atoms with van der Waals surface area (Å²) in [5, 5.41) is 12.5. The van der Waals surface area contributed by atoms with E-state index in [0.29, 0.717) is 0 Å². The Bertz CT molecular complexity index is 354. The van der Waals surface area contributed by atoms with Gasteiger partial charge in [0.2, 0.25) is 5.91 Å². The van der Waals surface area contributed by atoms with E-state index in [-0.39, 0.29) is 18.5 Å². The highest BCUT2D eigenvalue weighted by Gasteiger charge is 2.12. The Morgan fingerprint density at radius 3 is 2.65 bits per heavy atom. The Morgan fingerprint density at radius 1 is 1.47 bits per heavy atom. The van der Waals surface area contributed by atoms with Crippen molar-refractivity contribution in [1.29, 1.82) is 0 Å². The monoisotopic (exact) mass is 238 g/mol. The summed E-state index contributed by atoms with van der Waals surface area (Å²) in [6.07, 6.45) is 3.15. The molecule has 1 atom stereocenters. The van der Waals surface area contributed by atoms with Gasteiger partial charge in [-0.15, -0.1) is 0 Å².